The summed E-state index contributed by atoms with van der Waals surface area (Å²) in [6.45, 7) is 0.683. The molecule has 0 fully saturated rings. The van der Waals surface area contributed by atoms with Crippen molar-refractivity contribution in [3.05, 3.63) is 41.8 Å². The average Bonchev–Trinajstić information content (AvgIpc) is 2.92. The Balaban J connectivity index is 2.02. The van der Waals surface area contributed by atoms with E-state index in [1.165, 1.54) is 6.26 Å². The molecule has 0 unspecified atom stereocenters. The fourth-order valence-electron chi connectivity index (χ4n) is 2.32. The number of nitrogens with zero attached hydrogens (tertiary/aromatic N) is 2. The van der Waals surface area contributed by atoms with Gasteiger partial charge in [0.25, 0.3) is 5.91 Å². The molecule has 1 aliphatic rings. The van der Waals surface area contributed by atoms with E-state index in [9.17, 15) is 4.79 Å². The number of nitrogens with two attached hydrogens (primary N) is 1. The molecule has 92 valence electrons. The molecule has 18 heavy (non-hydrogen) atoms. The lowest BCUT2D eigenvalue weighted by Crippen LogP contribution is -2.35. The Hall–Kier alpha value is -2.30. The van der Waals surface area contributed by atoms with E-state index in [1.54, 1.807) is 11.0 Å². The van der Waals surface area contributed by atoms with Crippen LogP contribution in [-0.2, 0) is 6.42 Å². The molecule has 3 rings (SSSR count). The molecule has 0 bridgehead atoms. The second-order valence-electron chi connectivity index (χ2n) is 4.29. The SMILES string of the molecule is Nc1cccc2c1CCCN2C(=O)c1ccon1. The van der Waals surface area contributed by atoms with Crippen molar-refractivity contribution >= 4 is 17.3 Å². The quantitative estimate of drug-likeness (QED) is 0.776. The van der Waals surface area contributed by atoms with Crippen molar-refractivity contribution in [3.8, 4) is 0 Å². The highest BCUT2D eigenvalue weighted by Crippen LogP contribution is 2.31. The minimum atomic E-state index is -0.143. The van der Waals surface area contributed by atoms with Crippen LogP contribution in [0.25, 0.3) is 0 Å². The molecule has 0 saturated carbocycles. The van der Waals surface area contributed by atoms with Crippen LogP contribution in [0.1, 0.15) is 22.5 Å². The van der Waals surface area contributed by atoms with Crippen LogP contribution in [0.2, 0.25) is 0 Å². The Morgan fingerprint density at radius 3 is 3.06 bits per heavy atom. The highest BCUT2D eigenvalue weighted by Gasteiger charge is 2.25. The fourth-order valence-corrected chi connectivity index (χ4v) is 2.32. The summed E-state index contributed by atoms with van der Waals surface area (Å²) in [6.07, 6.45) is 3.22. The highest BCUT2D eigenvalue weighted by molar-refractivity contribution is 6.05. The first-order chi connectivity index (χ1) is 8.77. The fraction of sp³-hybridized carbons (Fsp3) is 0.231. The van der Waals surface area contributed by atoms with Gasteiger partial charge in [-0.25, -0.2) is 0 Å². The summed E-state index contributed by atoms with van der Waals surface area (Å²) in [7, 11) is 0. The van der Waals surface area contributed by atoms with Crippen molar-refractivity contribution < 1.29 is 9.32 Å². The third-order valence-corrected chi connectivity index (χ3v) is 3.19. The van der Waals surface area contributed by atoms with E-state index in [2.05, 4.69) is 5.16 Å². The van der Waals surface area contributed by atoms with Crippen LogP contribution in [0, 0.1) is 0 Å². The lowest BCUT2D eigenvalue weighted by Gasteiger charge is -2.29. The Morgan fingerprint density at radius 2 is 2.28 bits per heavy atom. The van der Waals surface area contributed by atoms with Crippen LogP contribution in [0.5, 0.6) is 0 Å². The van der Waals surface area contributed by atoms with Crippen LogP contribution in [0.3, 0.4) is 0 Å². The summed E-state index contributed by atoms with van der Waals surface area (Å²) in [5.41, 5.74) is 8.94. The molecule has 5 nitrogen and oxygen atoms in total. The van der Waals surface area contributed by atoms with Crippen LogP contribution in [-0.4, -0.2) is 17.6 Å². The van der Waals surface area contributed by atoms with Gasteiger partial charge < -0.3 is 15.2 Å². The maximum absolute atomic E-state index is 12.3. The van der Waals surface area contributed by atoms with Crippen molar-refractivity contribution in [3.63, 3.8) is 0 Å². The first-order valence-electron chi connectivity index (χ1n) is 5.87. The van der Waals surface area contributed by atoms with Gasteiger partial charge in [0.1, 0.15) is 6.26 Å². The molecule has 0 radical (unpaired) electrons. The van der Waals surface area contributed by atoms with E-state index in [0.717, 1.165) is 29.8 Å². The average molecular weight is 243 g/mol. The lowest BCUT2D eigenvalue weighted by atomic mass is 9.99. The molecule has 2 heterocycles. The number of fused-ring (bicyclic) bond motifs is 1. The second kappa shape index (κ2) is 4.18. The second-order valence-corrected chi connectivity index (χ2v) is 4.29. The zero-order valence-electron chi connectivity index (χ0n) is 9.80. The number of carbonyl (C=O) groups is 1. The van der Waals surface area contributed by atoms with E-state index >= 15 is 0 Å². The standard InChI is InChI=1S/C13H13N3O2/c14-10-4-1-5-12-9(10)3-2-7-16(12)13(17)11-6-8-18-15-11/h1,4-6,8H,2-3,7,14H2. The van der Waals surface area contributed by atoms with Crippen molar-refractivity contribution in [2.24, 2.45) is 0 Å². The Labute approximate surface area is 104 Å². The van der Waals surface area contributed by atoms with Crippen LogP contribution >= 0.6 is 0 Å². The Morgan fingerprint density at radius 1 is 1.39 bits per heavy atom. The molecule has 0 spiro atoms. The van der Waals surface area contributed by atoms with Gasteiger partial charge in [0.15, 0.2) is 5.69 Å². The molecule has 1 amide bonds. The number of hydrogen-bond acceptors (Lipinski definition) is 4. The summed E-state index contributed by atoms with van der Waals surface area (Å²) in [5.74, 6) is -0.143. The van der Waals surface area contributed by atoms with Gasteiger partial charge in [-0.2, -0.15) is 0 Å². The van der Waals surface area contributed by atoms with Crippen molar-refractivity contribution in [2.75, 3.05) is 17.2 Å². The van der Waals surface area contributed by atoms with Crippen LogP contribution in [0.4, 0.5) is 11.4 Å². The number of benzene rings is 1. The van der Waals surface area contributed by atoms with E-state index in [4.69, 9.17) is 10.3 Å². The Kier molecular flexibility index (Phi) is 2.51. The minimum Gasteiger partial charge on any atom is -0.398 e. The molecule has 0 atom stereocenters. The van der Waals surface area contributed by atoms with Gasteiger partial charge >= 0.3 is 0 Å². The number of anilines is 2. The monoisotopic (exact) mass is 243 g/mol. The molecule has 1 aromatic carbocycles. The topological polar surface area (TPSA) is 72.4 Å². The van der Waals surface area contributed by atoms with Crippen molar-refractivity contribution in [1.29, 1.82) is 0 Å². The van der Waals surface area contributed by atoms with Crippen molar-refractivity contribution in [1.82, 2.24) is 5.16 Å². The van der Waals surface area contributed by atoms with Gasteiger partial charge in [0, 0.05) is 24.0 Å². The molecule has 2 N–H and O–H groups in total. The number of amides is 1. The summed E-state index contributed by atoms with van der Waals surface area (Å²) >= 11 is 0. The number of aromatic nitrogens is 1. The minimum absolute atomic E-state index is 0.143. The Bertz CT molecular complexity index is 578. The molecule has 2 aromatic rings. The summed E-state index contributed by atoms with van der Waals surface area (Å²) < 4.78 is 4.72. The predicted molar refractivity (Wildman–Crippen MR) is 67.4 cm³/mol. The smallest absolute Gasteiger partial charge is 0.280 e. The summed E-state index contributed by atoms with van der Waals surface area (Å²) in [6, 6.07) is 7.22. The van der Waals surface area contributed by atoms with Crippen LogP contribution < -0.4 is 10.6 Å². The lowest BCUT2D eigenvalue weighted by molar-refractivity contribution is 0.0976. The first-order valence-corrected chi connectivity index (χ1v) is 5.87. The molecule has 0 saturated heterocycles. The normalized spacial score (nSPS) is 14.3. The predicted octanol–water partition coefficient (Wildman–Crippen LogP) is 1.85. The maximum atomic E-state index is 12.3. The van der Waals surface area contributed by atoms with E-state index in [0.29, 0.717) is 12.2 Å². The van der Waals surface area contributed by atoms with Gasteiger partial charge in [-0.1, -0.05) is 11.2 Å². The number of hydrogen-bond donors (Lipinski definition) is 1. The van der Waals surface area contributed by atoms with Crippen molar-refractivity contribution in [2.45, 2.75) is 12.8 Å². The first kappa shape index (κ1) is 10.8. The maximum Gasteiger partial charge on any atom is 0.280 e. The van der Waals surface area contributed by atoms with E-state index in [1.807, 2.05) is 18.2 Å². The molecule has 5 heteroatoms. The number of carbonyl (C=O) groups excluding carboxylic acids is 1. The van der Waals surface area contributed by atoms with Gasteiger partial charge in [-0.3, -0.25) is 4.79 Å². The number of nitrogen functional groups attached to an aromatic ring is 1. The zero-order chi connectivity index (χ0) is 12.5. The largest absolute Gasteiger partial charge is 0.398 e. The van der Waals surface area contributed by atoms with Gasteiger partial charge in [-0.05, 0) is 30.5 Å². The molecular weight excluding hydrogens is 230 g/mol. The summed E-state index contributed by atoms with van der Waals surface area (Å²) in [5, 5.41) is 3.69. The zero-order valence-corrected chi connectivity index (χ0v) is 9.80. The van der Waals surface area contributed by atoms with Gasteiger partial charge in [0.2, 0.25) is 0 Å². The van der Waals surface area contributed by atoms with Gasteiger partial charge in [0.05, 0.1) is 0 Å². The number of rotatable bonds is 1. The van der Waals surface area contributed by atoms with Gasteiger partial charge in [-0.15, -0.1) is 0 Å². The van der Waals surface area contributed by atoms with E-state index < -0.39 is 0 Å². The van der Waals surface area contributed by atoms with E-state index in [-0.39, 0.29) is 5.91 Å². The molecule has 0 aliphatic carbocycles. The third kappa shape index (κ3) is 1.64. The molecular formula is C13H13N3O2. The van der Waals surface area contributed by atoms with Crippen LogP contribution in [0.15, 0.2) is 35.1 Å². The highest BCUT2D eigenvalue weighted by atomic mass is 16.5. The molecule has 1 aliphatic heterocycles. The third-order valence-electron chi connectivity index (χ3n) is 3.19. The molecule has 1 aromatic heterocycles. The summed E-state index contributed by atoms with van der Waals surface area (Å²) in [4.78, 5) is 14.0.